The number of benzene rings is 1. The van der Waals surface area contributed by atoms with Crippen molar-refractivity contribution in [3.8, 4) is 0 Å². The monoisotopic (exact) mass is 303 g/mol. The number of nitrogens with one attached hydrogen (secondary N) is 1. The van der Waals surface area contributed by atoms with Gasteiger partial charge in [0.2, 0.25) is 0 Å². The Bertz CT molecular complexity index is 778. The summed E-state index contributed by atoms with van der Waals surface area (Å²) in [6.45, 7) is 3.46. The van der Waals surface area contributed by atoms with Gasteiger partial charge in [0.15, 0.2) is 0 Å². The van der Waals surface area contributed by atoms with Crippen molar-refractivity contribution >= 4 is 22.8 Å². The first-order valence-electron chi connectivity index (χ1n) is 7.01. The number of hydrogen-bond acceptors (Lipinski definition) is 4. The van der Waals surface area contributed by atoms with Crippen LogP contribution in [0, 0.1) is 6.92 Å². The summed E-state index contributed by atoms with van der Waals surface area (Å²) >= 11 is 0. The fourth-order valence-corrected chi connectivity index (χ4v) is 2.34. The predicted octanol–water partition coefficient (Wildman–Crippen LogP) is 2.08. The molecule has 2 rings (SSSR count). The third-order valence-corrected chi connectivity index (χ3v) is 3.48. The molecule has 6 heteroatoms. The Morgan fingerprint density at radius 2 is 2.00 bits per heavy atom. The molecule has 0 spiro atoms. The summed E-state index contributed by atoms with van der Waals surface area (Å²) < 4.78 is 5.13. The van der Waals surface area contributed by atoms with Crippen LogP contribution in [-0.4, -0.2) is 23.0 Å². The highest BCUT2D eigenvalue weighted by Gasteiger charge is 2.24. The maximum absolute atomic E-state index is 12.3. The topological polar surface area (TPSA) is 96.6 Å². The maximum Gasteiger partial charge on any atom is 0.349 e. The van der Waals surface area contributed by atoms with E-state index in [4.69, 9.17) is 9.52 Å². The van der Waals surface area contributed by atoms with Crippen LogP contribution in [-0.2, 0) is 4.79 Å². The molecule has 116 valence electrons. The average molecular weight is 303 g/mol. The second-order valence-corrected chi connectivity index (χ2v) is 5.04. The van der Waals surface area contributed by atoms with Crippen molar-refractivity contribution in [3.05, 3.63) is 45.8 Å². The van der Waals surface area contributed by atoms with E-state index in [-0.39, 0.29) is 5.56 Å². The van der Waals surface area contributed by atoms with E-state index in [1.54, 1.807) is 31.2 Å². The number of amides is 1. The molecule has 1 atom stereocenters. The zero-order valence-electron chi connectivity index (χ0n) is 12.4. The molecule has 0 fully saturated rings. The maximum atomic E-state index is 12.3. The molecular weight excluding hydrogens is 286 g/mol. The normalized spacial score (nSPS) is 12.1. The molecule has 0 saturated heterocycles. The number of aliphatic carboxylic acids is 1. The first-order chi connectivity index (χ1) is 10.5. The van der Waals surface area contributed by atoms with Gasteiger partial charge in [0.25, 0.3) is 5.91 Å². The first-order valence-corrected chi connectivity index (χ1v) is 7.01. The highest BCUT2D eigenvalue weighted by Crippen LogP contribution is 2.18. The molecule has 0 aliphatic carbocycles. The molecule has 2 aromatic rings. The number of rotatable bonds is 5. The van der Waals surface area contributed by atoms with E-state index >= 15 is 0 Å². The number of carbonyl (C=O) groups excluding carboxylic acids is 1. The molecule has 0 radical (unpaired) electrons. The van der Waals surface area contributed by atoms with E-state index in [0.717, 1.165) is 0 Å². The molecule has 2 N–H and O–H groups in total. The number of carboxylic acids is 1. The van der Waals surface area contributed by atoms with Gasteiger partial charge < -0.3 is 14.8 Å². The Hall–Kier alpha value is -2.63. The Labute approximate surface area is 126 Å². The fourth-order valence-electron chi connectivity index (χ4n) is 2.34. The zero-order chi connectivity index (χ0) is 16.3. The second kappa shape index (κ2) is 6.43. The van der Waals surface area contributed by atoms with Crippen molar-refractivity contribution in [2.45, 2.75) is 32.7 Å². The summed E-state index contributed by atoms with van der Waals surface area (Å²) in [5.74, 6) is -1.85. The SMILES string of the molecule is CCCC(NC(=O)c1c(C)c2ccccc2oc1=O)C(=O)O. The smallest absolute Gasteiger partial charge is 0.349 e. The predicted molar refractivity (Wildman–Crippen MR) is 81.0 cm³/mol. The zero-order valence-corrected chi connectivity index (χ0v) is 12.4. The van der Waals surface area contributed by atoms with E-state index < -0.39 is 23.5 Å². The molecular formula is C16H17NO5. The summed E-state index contributed by atoms with van der Waals surface area (Å²) in [7, 11) is 0. The van der Waals surface area contributed by atoms with Gasteiger partial charge in [-0.15, -0.1) is 0 Å². The number of carbonyl (C=O) groups is 2. The van der Waals surface area contributed by atoms with E-state index in [1.165, 1.54) is 0 Å². The third-order valence-electron chi connectivity index (χ3n) is 3.48. The van der Waals surface area contributed by atoms with Crippen LogP contribution in [0.3, 0.4) is 0 Å². The molecule has 6 nitrogen and oxygen atoms in total. The van der Waals surface area contributed by atoms with Crippen molar-refractivity contribution in [1.29, 1.82) is 0 Å². The molecule has 0 aliphatic rings. The summed E-state index contributed by atoms with van der Waals surface area (Å²) in [4.78, 5) is 35.4. The highest BCUT2D eigenvalue weighted by atomic mass is 16.4. The van der Waals surface area contributed by atoms with Crippen LogP contribution in [0.5, 0.6) is 0 Å². The van der Waals surface area contributed by atoms with Crippen LogP contribution < -0.4 is 10.9 Å². The number of aryl methyl sites for hydroxylation is 1. The van der Waals surface area contributed by atoms with Gasteiger partial charge in [-0.25, -0.2) is 9.59 Å². The van der Waals surface area contributed by atoms with Gasteiger partial charge in [0, 0.05) is 5.39 Å². The largest absolute Gasteiger partial charge is 0.480 e. The lowest BCUT2D eigenvalue weighted by atomic mass is 10.0. The first kappa shape index (κ1) is 15.8. The summed E-state index contributed by atoms with van der Waals surface area (Å²) in [6.07, 6.45) is 0.890. The minimum Gasteiger partial charge on any atom is -0.480 e. The molecule has 1 amide bonds. The molecule has 0 bridgehead atoms. The number of carboxylic acid groups (broad SMARTS) is 1. The Morgan fingerprint density at radius 1 is 1.32 bits per heavy atom. The van der Waals surface area contributed by atoms with E-state index in [2.05, 4.69) is 5.32 Å². The Morgan fingerprint density at radius 3 is 2.64 bits per heavy atom. The quantitative estimate of drug-likeness (QED) is 0.824. The van der Waals surface area contributed by atoms with Crippen LogP contribution in [0.2, 0.25) is 0 Å². The number of fused-ring (bicyclic) bond motifs is 1. The van der Waals surface area contributed by atoms with Gasteiger partial charge in [-0.05, 0) is 25.0 Å². The van der Waals surface area contributed by atoms with Crippen LogP contribution >= 0.6 is 0 Å². The lowest BCUT2D eigenvalue weighted by Gasteiger charge is -2.14. The minimum atomic E-state index is -1.13. The Kier molecular flexibility index (Phi) is 4.60. The van der Waals surface area contributed by atoms with Gasteiger partial charge in [0.1, 0.15) is 17.2 Å². The van der Waals surface area contributed by atoms with Gasteiger partial charge in [-0.2, -0.15) is 0 Å². The lowest BCUT2D eigenvalue weighted by molar-refractivity contribution is -0.139. The van der Waals surface area contributed by atoms with Gasteiger partial charge in [-0.1, -0.05) is 31.5 Å². The molecule has 1 unspecified atom stereocenters. The second-order valence-electron chi connectivity index (χ2n) is 5.04. The van der Waals surface area contributed by atoms with Crippen molar-refractivity contribution in [3.63, 3.8) is 0 Å². The lowest BCUT2D eigenvalue weighted by Crippen LogP contribution is -2.42. The van der Waals surface area contributed by atoms with Gasteiger partial charge in [0.05, 0.1) is 0 Å². The van der Waals surface area contributed by atoms with Crippen molar-refractivity contribution in [1.82, 2.24) is 5.32 Å². The summed E-state index contributed by atoms with van der Waals surface area (Å²) in [5.41, 5.74) is -0.0507. The van der Waals surface area contributed by atoms with E-state index in [1.807, 2.05) is 6.92 Å². The van der Waals surface area contributed by atoms with Crippen molar-refractivity contribution in [2.75, 3.05) is 0 Å². The minimum absolute atomic E-state index is 0.152. The van der Waals surface area contributed by atoms with Crippen molar-refractivity contribution < 1.29 is 19.1 Å². The molecule has 0 saturated carbocycles. The van der Waals surface area contributed by atoms with Gasteiger partial charge >= 0.3 is 11.6 Å². The third kappa shape index (κ3) is 3.00. The summed E-state index contributed by atoms with van der Waals surface area (Å²) in [6, 6.07) is 5.86. The molecule has 1 aromatic heterocycles. The Balaban J connectivity index is 2.43. The van der Waals surface area contributed by atoms with Crippen LogP contribution in [0.15, 0.2) is 33.5 Å². The van der Waals surface area contributed by atoms with Crippen LogP contribution in [0.1, 0.15) is 35.7 Å². The summed E-state index contributed by atoms with van der Waals surface area (Å²) in [5, 5.41) is 12.1. The van der Waals surface area contributed by atoms with Crippen molar-refractivity contribution in [2.24, 2.45) is 0 Å². The fraction of sp³-hybridized carbons (Fsp3) is 0.312. The molecule has 22 heavy (non-hydrogen) atoms. The molecule has 0 aliphatic heterocycles. The number of para-hydroxylation sites is 1. The molecule has 1 heterocycles. The highest BCUT2D eigenvalue weighted by molar-refractivity contribution is 6.00. The van der Waals surface area contributed by atoms with E-state index in [0.29, 0.717) is 29.4 Å². The number of hydrogen-bond donors (Lipinski definition) is 2. The van der Waals surface area contributed by atoms with E-state index in [9.17, 15) is 14.4 Å². The standard InChI is InChI=1S/C16H17NO5/c1-3-6-11(15(19)20)17-14(18)13-9(2)10-7-4-5-8-12(10)22-16(13)21/h4-5,7-8,11H,3,6H2,1-2H3,(H,17,18)(H,19,20). The molecule has 1 aromatic carbocycles. The van der Waals surface area contributed by atoms with Gasteiger partial charge in [-0.3, -0.25) is 4.79 Å². The van der Waals surface area contributed by atoms with Crippen LogP contribution in [0.25, 0.3) is 11.0 Å². The average Bonchev–Trinajstić information content (AvgIpc) is 2.46. The van der Waals surface area contributed by atoms with Crippen LogP contribution in [0.4, 0.5) is 0 Å².